The van der Waals surface area contributed by atoms with Crippen LogP contribution in [0.5, 0.6) is 0 Å². The molecular weight excluding hydrogens is 278 g/mol. The Kier molecular flexibility index (Phi) is 6.26. The average molecular weight is 300 g/mol. The van der Waals surface area contributed by atoms with Crippen LogP contribution in [0.2, 0.25) is 5.02 Å². The van der Waals surface area contributed by atoms with E-state index in [1.165, 1.54) is 0 Å². The van der Waals surface area contributed by atoms with Gasteiger partial charge in [0.05, 0.1) is 23.4 Å². The largest absolute Gasteiger partial charge is 0.397 e. The lowest BCUT2D eigenvalue weighted by molar-refractivity contribution is -0.121. The normalized spacial score (nSPS) is 14.1. The van der Waals surface area contributed by atoms with Crippen molar-refractivity contribution < 1.29 is 9.53 Å². The predicted octanol–water partition coefficient (Wildman–Crippen LogP) is 2.22. The number of nitrogens with two attached hydrogens (primary N) is 1. The summed E-state index contributed by atoms with van der Waals surface area (Å²) in [6, 6.07) is 4.90. The van der Waals surface area contributed by atoms with Crippen molar-refractivity contribution >= 4 is 28.9 Å². The van der Waals surface area contributed by atoms with Gasteiger partial charge in [-0.1, -0.05) is 11.6 Å². The first-order valence-corrected chi connectivity index (χ1v) is 6.81. The molecule has 0 spiro atoms. The van der Waals surface area contributed by atoms with Crippen molar-refractivity contribution in [3.63, 3.8) is 0 Å². The zero-order valence-corrected chi connectivity index (χ0v) is 13.1. The molecule has 0 aliphatic carbocycles. The van der Waals surface area contributed by atoms with E-state index in [-0.39, 0.29) is 18.0 Å². The van der Waals surface area contributed by atoms with E-state index in [0.29, 0.717) is 23.0 Å². The molecule has 1 aromatic rings. The third-order valence-corrected chi connectivity index (χ3v) is 3.70. The van der Waals surface area contributed by atoms with Gasteiger partial charge in [-0.3, -0.25) is 9.69 Å². The van der Waals surface area contributed by atoms with Gasteiger partial charge < -0.3 is 15.8 Å². The maximum Gasteiger partial charge on any atom is 0.241 e. The van der Waals surface area contributed by atoms with Crippen LogP contribution in [0.4, 0.5) is 11.4 Å². The van der Waals surface area contributed by atoms with Crippen LogP contribution in [0.25, 0.3) is 0 Å². The molecule has 20 heavy (non-hydrogen) atoms. The lowest BCUT2D eigenvalue weighted by Gasteiger charge is -2.29. The highest BCUT2D eigenvalue weighted by Gasteiger charge is 2.22. The molecule has 0 saturated heterocycles. The van der Waals surface area contributed by atoms with Gasteiger partial charge in [0.1, 0.15) is 0 Å². The Morgan fingerprint density at radius 1 is 1.50 bits per heavy atom. The van der Waals surface area contributed by atoms with Crippen LogP contribution in [0, 0.1) is 0 Å². The van der Waals surface area contributed by atoms with Gasteiger partial charge in [-0.2, -0.15) is 0 Å². The van der Waals surface area contributed by atoms with Gasteiger partial charge in [0.2, 0.25) is 5.91 Å². The minimum absolute atomic E-state index is 0.0998. The molecule has 2 atom stereocenters. The second-order valence-corrected chi connectivity index (χ2v) is 5.28. The van der Waals surface area contributed by atoms with Crippen molar-refractivity contribution in [1.82, 2.24) is 4.90 Å². The number of hydrogen-bond donors (Lipinski definition) is 2. The number of rotatable bonds is 6. The number of hydrogen-bond acceptors (Lipinski definition) is 4. The van der Waals surface area contributed by atoms with Gasteiger partial charge in [-0.15, -0.1) is 0 Å². The Morgan fingerprint density at radius 2 is 2.15 bits per heavy atom. The fourth-order valence-electron chi connectivity index (χ4n) is 1.79. The van der Waals surface area contributed by atoms with Crippen LogP contribution >= 0.6 is 11.6 Å². The fourth-order valence-corrected chi connectivity index (χ4v) is 1.91. The number of nitrogens with zero attached hydrogens (tertiary/aromatic N) is 1. The van der Waals surface area contributed by atoms with Gasteiger partial charge in [0.15, 0.2) is 0 Å². The van der Waals surface area contributed by atoms with Gasteiger partial charge in [0, 0.05) is 18.8 Å². The molecule has 1 amide bonds. The highest BCUT2D eigenvalue weighted by molar-refractivity contribution is 6.33. The zero-order chi connectivity index (χ0) is 15.3. The third kappa shape index (κ3) is 4.37. The third-order valence-electron chi connectivity index (χ3n) is 3.36. The fraction of sp³-hybridized carbons (Fsp3) is 0.500. The van der Waals surface area contributed by atoms with Crippen LogP contribution in [0.3, 0.4) is 0 Å². The number of halogens is 1. The molecule has 6 heteroatoms. The number of methoxy groups -OCH3 is 1. The minimum Gasteiger partial charge on any atom is -0.397 e. The first-order valence-electron chi connectivity index (χ1n) is 6.43. The summed E-state index contributed by atoms with van der Waals surface area (Å²) >= 11 is 5.85. The SMILES string of the molecule is COCC(C)N(C)C(C)C(=O)Nc1ccc(Cl)c(N)c1. The highest BCUT2D eigenvalue weighted by atomic mass is 35.5. The number of carbonyl (C=O) groups excluding carboxylic acids is 1. The summed E-state index contributed by atoms with van der Waals surface area (Å²) in [5.74, 6) is -0.0998. The Bertz CT molecular complexity index is 468. The molecule has 0 heterocycles. The van der Waals surface area contributed by atoms with Crippen molar-refractivity contribution in [2.24, 2.45) is 0 Å². The highest BCUT2D eigenvalue weighted by Crippen LogP contribution is 2.22. The molecule has 1 aromatic carbocycles. The van der Waals surface area contributed by atoms with E-state index in [1.807, 2.05) is 25.8 Å². The van der Waals surface area contributed by atoms with E-state index in [4.69, 9.17) is 22.1 Å². The molecule has 0 radical (unpaired) electrons. The van der Waals surface area contributed by atoms with E-state index in [2.05, 4.69) is 5.32 Å². The van der Waals surface area contributed by atoms with Crippen molar-refractivity contribution in [3.8, 4) is 0 Å². The average Bonchev–Trinajstić information content (AvgIpc) is 2.41. The molecule has 0 bridgehead atoms. The Hall–Kier alpha value is -1.30. The molecule has 2 unspecified atom stereocenters. The first kappa shape index (κ1) is 16.8. The maximum atomic E-state index is 12.2. The number of nitrogen functional groups attached to an aromatic ring is 1. The molecule has 0 saturated carbocycles. The van der Waals surface area contributed by atoms with Crippen molar-refractivity contribution in [2.45, 2.75) is 25.9 Å². The van der Waals surface area contributed by atoms with Crippen molar-refractivity contribution in [3.05, 3.63) is 23.2 Å². The summed E-state index contributed by atoms with van der Waals surface area (Å²) in [7, 11) is 3.54. The summed E-state index contributed by atoms with van der Waals surface area (Å²) < 4.78 is 5.10. The first-order chi connectivity index (χ1) is 9.36. The summed E-state index contributed by atoms with van der Waals surface area (Å²) in [5.41, 5.74) is 6.79. The Labute approximate surface area is 125 Å². The zero-order valence-electron chi connectivity index (χ0n) is 12.3. The predicted molar refractivity (Wildman–Crippen MR) is 83.1 cm³/mol. The number of nitrogens with one attached hydrogen (secondary N) is 1. The lowest BCUT2D eigenvalue weighted by atomic mass is 10.2. The standard InChI is InChI=1S/C14H22ClN3O2/c1-9(8-20-4)18(3)10(2)14(19)17-11-5-6-12(15)13(16)7-11/h5-7,9-10H,8,16H2,1-4H3,(H,17,19). The molecule has 0 aliphatic rings. The van der Waals surface area contributed by atoms with Crippen LogP contribution in [-0.2, 0) is 9.53 Å². The number of anilines is 2. The summed E-state index contributed by atoms with van der Waals surface area (Å²) in [6.45, 7) is 4.43. The number of carbonyl (C=O) groups is 1. The quantitative estimate of drug-likeness (QED) is 0.790. The molecule has 112 valence electrons. The van der Waals surface area contributed by atoms with E-state index < -0.39 is 0 Å². The van der Waals surface area contributed by atoms with Crippen molar-refractivity contribution in [2.75, 3.05) is 31.8 Å². The lowest BCUT2D eigenvalue weighted by Crippen LogP contribution is -2.45. The summed E-state index contributed by atoms with van der Waals surface area (Å²) in [4.78, 5) is 14.1. The minimum atomic E-state index is -0.281. The van der Waals surface area contributed by atoms with Gasteiger partial charge in [0.25, 0.3) is 0 Å². The van der Waals surface area contributed by atoms with Gasteiger partial charge in [-0.05, 0) is 39.1 Å². The molecule has 3 N–H and O–H groups in total. The topological polar surface area (TPSA) is 67.6 Å². The Morgan fingerprint density at radius 3 is 2.70 bits per heavy atom. The second-order valence-electron chi connectivity index (χ2n) is 4.87. The number of amides is 1. The van der Waals surface area contributed by atoms with E-state index in [0.717, 1.165) is 0 Å². The summed E-state index contributed by atoms with van der Waals surface area (Å²) in [5, 5.41) is 3.30. The monoisotopic (exact) mass is 299 g/mol. The smallest absolute Gasteiger partial charge is 0.241 e. The Balaban J connectivity index is 2.67. The van der Waals surface area contributed by atoms with E-state index in [9.17, 15) is 4.79 Å². The van der Waals surface area contributed by atoms with Crippen LogP contribution < -0.4 is 11.1 Å². The molecule has 1 rings (SSSR count). The number of likely N-dealkylation sites (N-methyl/N-ethyl adjacent to an activating group) is 1. The second kappa shape index (κ2) is 7.47. The number of benzene rings is 1. The molecule has 5 nitrogen and oxygen atoms in total. The van der Waals surface area contributed by atoms with Crippen LogP contribution in [-0.4, -0.2) is 43.7 Å². The molecule has 0 aliphatic heterocycles. The maximum absolute atomic E-state index is 12.2. The van der Waals surface area contributed by atoms with Gasteiger partial charge in [-0.25, -0.2) is 0 Å². The van der Waals surface area contributed by atoms with Gasteiger partial charge >= 0.3 is 0 Å². The molecular formula is C14H22ClN3O2. The van der Waals surface area contributed by atoms with Crippen LogP contribution in [0.15, 0.2) is 18.2 Å². The molecule has 0 fully saturated rings. The van der Waals surface area contributed by atoms with E-state index >= 15 is 0 Å². The van der Waals surface area contributed by atoms with E-state index in [1.54, 1.807) is 25.3 Å². The van der Waals surface area contributed by atoms with Crippen LogP contribution in [0.1, 0.15) is 13.8 Å². The van der Waals surface area contributed by atoms with Crippen molar-refractivity contribution in [1.29, 1.82) is 0 Å². The summed E-state index contributed by atoms with van der Waals surface area (Å²) in [6.07, 6.45) is 0. The molecule has 0 aromatic heterocycles. The number of ether oxygens (including phenoxy) is 1.